The highest BCUT2D eigenvalue weighted by atomic mass is 16.5. The van der Waals surface area contributed by atoms with Gasteiger partial charge < -0.3 is 15.4 Å². The molecule has 1 atom stereocenters. The highest BCUT2D eigenvalue weighted by Gasteiger charge is 2.21. The quantitative estimate of drug-likeness (QED) is 0.879. The van der Waals surface area contributed by atoms with Gasteiger partial charge in [0.25, 0.3) is 5.91 Å². The number of hydrogen-bond acceptors (Lipinski definition) is 5. The van der Waals surface area contributed by atoms with Gasteiger partial charge in [-0.1, -0.05) is 0 Å². The summed E-state index contributed by atoms with van der Waals surface area (Å²) in [4.78, 5) is 16.8. The number of pyridine rings is 1. The molecule has 7 nitrogen and oxygen atoms in total. The topological polar surface area (TPSA) is 81.1 Å². The van der Waals surface area contributed by atoms with E-state index in [0.717, 1.165) is 42.7 Å². The summed E-state index contributed by atoms with van der Waals surface area (Å²) in [5, 5.41) is 11.6. The van der Waals surface area contributed by atoms with Gasteiger partial charge >= 0.3 is 0 Å². The maximum atomic E-state index is 12.4. The Balaban J connectivity index is 2.02. The van der Waals surface area contributed by atoms with E-state index >= 15 is 0 Å². The molecule has 0 aromatic carbocycles. The third-order valence-electron chi connectivity index (χ3n) is 4.06. The fourth-order valence-electron chi connectivity index (χ4n) is 2.90. The summed E-state index contributed by atoms with van der Waals surface area (Å²) in [6, 6.07) is 0.201. The highest BCUT2D eigenvalue weighted by Crippen LogP contribution is 2.28. The lowest BCUT2D eigenvalue weighted by Crippen LogP contribution is -2.32. The van der Waals surface area contributed by atoms with Crippen molar-refractivity contribution in [2.24, 2.45) is 0 Å². The summed E-state index contributed by atoms with van der Waals surface area (Å²) in [6.07, 6.45) is 5.46. The van der Waals surface area contributed by atoms with E-state index in [4.69, 9.17) is 4.74 Å². The highest BCUT2D eigenvalue weighted by molar-refractivity contribution is 6.06. The SMILES string of the molecule is CCNC(=O)c1cnc2c(cnn2CC)c1NC1CCCOC1. The Morgan fingerprint density at radius 1 is 1.43 bits per heavy atom. The van der Waals surface area contributed by atoms with Crippen molar-refractivity contribution in [3.8, 4) is 0 Å². The number of rotatable bonds is 5. The Kier molecular flexibility index (Phi) is 4.76. The number of aromatic nitrogens is 3. The third kappa shape index (κ3) is 3.14. The first kappa shape index (κ1) is 15.7. The van der Waals surface area contributed by atoms with Crippen LogP contribution in [0, 0.1) is 0 Å². The maximum absolute atomic E-state index is 12.4. The summed E-state index contributed by atoms with van der Waals surface area (Å²) in [6.45, 7) is 6.70. The second kappa shape index (κ2) is 6.95. The lowest BCUT2D eigenvalue weighted by molar-refractivity contribution is 0.0874. The van der Waals surface area contributed by atoms with E-state index in [1.54, 1.807) is 12.4 Å². The number of ether oxygens (including phenoxy) is 1. The molecule has 2 aromatic heterocycles. The van der Waals surface area contributed by atoms with Crippen LogP contribution < -0.4 is 10.6 Å². The molecular formula is C16H23N5O2. The van der Waals surface area contributed by atoms with Gasteiger partial charge in [0, 0.05) is 31.9 Å². The Morgan fingerprint density at radius 2 is 2.30 bits per heavy atom. The molecule has 2 aromatic rings. The molecule has 0 aliphatic carbocycles. The lowest BCUT2D eigenvalue weighted by Gasteiger charge is -2.25. The monoisotopic (exact) mass is 317 g/mol. The predicted molar refractivity (Wildman–Crippen MR) is 88.7 cm³/mol. The summed E-state index contributed by atoms with van der Waals surface area (Å²) in [7, 11) is 0. The Bertz CT molecular complexity index is 691. The smallest absolute Gasteiger partial charge is 0.254 e. The van der Waals surface area contributed by atoms with Gasteiger partial charge in [0.05, 0.1) is 29.4 Å². The zero-order chi connectivity index (χ0) is 16.2. The molecule has 1 fully saturated rings. The molecule has 23 heavy (non-hydrogen) atoms. The molecule has 0 spiro atoms. The average molecular weight is 317 g/mol. The van der Waals surface area contributed by atoms with Gasteiger partial charge in [-0.15, -0.1) is 0 Å². The number of anilines is 1. The van der Waals surface area contributed by atoms with E-state index in [1.807, 2.05) is 18.5 Å². The molecular weight excluding hydrogens is 294 g/mol. The zero-order valence-electron chi connectivity index (χ0n) is 13.6. The van der Waals surface area contributed by atoms with Crippen LogP contribution in [-0.4, -0.2) is 46.5 Å². The number of hydrogen-bond donors (Lipinski definition) is 2. The van der Waals surface area contributed by atoms with Crippen molar-refractivity contribution in [1.29, 1.82) is 0 Å². The van der Waals surface area contributed by atoms with Crippen LogP contribution in [0.1, 0.15) is 37.0 Å². The van der Waals surface area contributed by atoms with Gasteiger partial charge in [0.2, 0.25) is 0 Å². The number of amides is 1. The Morgan fingerprint density at radius 3 is 3.00 bits per heavy atom. The van der Waals surface area contributed by atoms with Crippen LogP contribution in [0.2, 0.25) is 0 Å². The number of aryl methyl sites for hydroxylation is 1. The van der Waals surface area contributed by atoms with E-state index in [2.05, 4.69) is 20.7 Å². The molecule has 1 amide bonds. The second-order valence-electron chi connectivity index (χ2n) is 5.66. The molecule has 0 saturated carbocycles. The number of carbonyl (C=O) groups is 1. The van der Waals surface area contributed by atoms with E-state index in [1.165, 1.54) is 0 Å². The Labute approximate surface area is 135 Å². The molecule has 0 bridgehead atoms. The fraction of sp³-hybridized carbons (Fsp3) is 0.562. The number of fused-ring (bicyclic) bond motifs is 1. The van der Waals surface area contributed by atoms with Crippen molar-refractivity contribution >= 4 is 22.6 Å². The normalized spacial score (nSPS) is 18.1. The molecule has 1 aliphatic heterocycles. The molecule has 3 heterocycles. The number of nitrogens with one attached hydrogen (secondary N) is 2. The van der Waals surface area contributed by atoms with E-state index in [-0.39, 0.29) is 11.9 Å². The van der Waals surface area contributed by atoms with Crippen molar-refractivity contribution in [1.82, 2.24) is 20.1 Å². The number of carbonyl (C=O) groups excluding carboxylic acids is 1. The summed E-state index contributed by atoms with van der Waals surface area (Å²) in [5.74, 6) is -0.120. The molecule has 0 radical (unpaired) electrons. The number of nitrogens with zero attached hydrogens (tertiary/aromatic N) is 3. The van der Waals surface area contributed by atoms with E-state index < -0.39 is 0 Å². The maximum Gasteiger partial charge on any atom is 0.254 e. The van der Waals surface area contributed by atoms with Crippen molar-refractivity contribution in [2.75, 3.05) is 25.1 Å². The van der Waals surface area contributed by atoms with Gasteiger partial charge in [0.1, 0.15) is 0 Å². The van der Waals surface area contributed by atoms with Crippen LogP contribution in [0.5, 0.6) is 0 Å². The molecule has 1 aliphatic rings. The summed E-state index contributed by atoms with van der Waals surface area (Å²) in [5.41, 5.74) is 2.15. The Hall–Kier alpha value is -2.15. The standard InChI is InChI=1S/C16H23N5O2/c1-3-17-16(22)13-8-18-15-12(9-19-21(15)4-2)14(13)20-11-6-5-7-23-10-11/h8-9,11H,3-7,10H2,1-2H3,(H,17,22)(H,18,20). The van der Waals surface area contributed by atoms with Gasteiger partial charge in [-0.2, -0.15) is 5.10 Å². The second-order valence-corrected chi connectivity index (χ2v) is 5.66. The van der Waals surface area contributed by atoms with Gasteiger partial charge in [-0.3, -0.25) is 4.79 Å². The van der Waals surface area contributed by atoms with Gasteiger partial charge in [0.15, 0.2) is 5.65 Å². The van der Waals surface area contributed by atoms with Gasteiger partial charge in [-0.05, 0) is 26.7 Å². The van der Waals surface area contributed by atoms with E-state index in [0.29, 0.717) is 18.7 Å². The van der Waals surface area contributed by atoms with Crippen LogP contribution in [0.15, 0.2) is 12.4 Å². The van der Waals surface area contributed by atoms with Crippen molar-refractivity contribution in [2.45, 2.75) is 39.3 Å². The van der Waals surface area contributed by atoms with Crippen molar-refractivity contribution in [3.63, 3.8) is 0 Å². The molecule has 124 valence electrons. The van der Waals surface area contributed by atoms with E-state index in [9.17, 15) is 4.79 Å². The van der Waals surface area contributed by atoms with Gasteiger partial charge in [-0.25, -0.2) is 9.67 Å². The molecule has 3 rings (SSSR count). The summed E-state index contributed by atoms with van der Waals surface area (Å²) < 4.78 is 7.37. The predicted octanol–water partition coefficient (Wildman–Crippen LogP) is 1.79. The largest absolute Gasteiger partial charge is 0.379 e. The molecule has 7 heteroatoms. The minimum Gasteiger partial charge on any atom is -0.379 e. The fourth-order valence-corrected chi connectivity index (χ4v) is 2.90. The summed E-state index contributed by atoms with van der Waals surface area (Å²) >= 11 is 0. The minimum absolute atomic E-state index is 0.120. The van der Waals surface area contributed by atoms with Crippen LogP contribution in [0.25, 0.3) is 11.0 Å². The van der Waals surface area contributed by atoms with Crippen LogP contribution in [0.4, 0.5) is 5.69 Å². The van der Waals surface area contributed by atoms with Crippen LogP contribution >= 0.6 is 0 Å². The van der Waals surface area contributed by atoms with Crippen molar-refractivity contribution < 1.29 is 9.53 Å². The minimum atomic E-state index is -0.120. The molecule has 1 unspecified atom stereocenters. The first-order valence-electron chi connectivity index (χ1n) is 8.21. The lowest BCUT2D eigenvalue weighted by atomic mass is 10.1. The first-order valence-corrected chi connectivity index (χ1v) is 8.21. The molecule has 1 saturated heterocycles. The van der Waals surface area contributed by atoms with Crippen molar-refractivity contribution in [3.05, 3.63) is 18.0 Å². The van der Waals surface area contributed by atoms with Crippen LogP contribution in [-0.2, 0) is 11.3 Å². The zero-order valence-corrected chi connectivity index (χ0v) is 13.6. The third-order valence-corrected chi connectivity index (χ3v) is 4.06. The van der Waals surface area contributed by atoms with Crippen LogP contribution in [0.3, 0.4) is 0 Å². The molecule has 2 N–H and O–H groups in total. The first-order chi connectivity index (χ1) is 11.2. The average Bonchev–Trinajstić information content (AvgIpc) is 3.00.